The minimum absolute atomic E-state index is 0.0198. The summed E-state index contributed by atoms with van der Waals surface area (Å²) in [4.78, 5) is 10.00. The molecular weight excluding hydrogens is 805 g/mol. The van der Waals surface area contributed by atoms with Crippen molar-refractivity contribution in [3.63, 3.8) is 0 Å². The van der Waals surface area contributed by atoms with Gasteiger partial charge in [0.05, 0.1) is 22.4 Å². The largest absolute Gasteiger partial charge is 0.457 e. The zero-order valence-electron chi connectivity index (χ0n) is 40.1. The lowest BCUT2D eigenvalue weighted by atomic mass is 9.86. The van der Waals surface area contributed by atoms with Gasteiger partial charge in [-0.1, -0.05) is 153 Å². The number of aromatic nitrogens is 2. The van der Waals surface area contributed by atoms with Crippen LogP contribution in [0.15, 0.2) is 170 Å². The Balaban J connectivity index is 1.02. The molecule has 0 N–H and O–H groups in total. The molecule has 1 aliphatic heterocycles. The van der Waals surface area contributed by atoms with E-state index in [-0.39, 0.29) is 16.2 Å². The number of ether oxygens (including phenoxy) is 1. The monoisotopic (exact) mass is 864 g/mol. The molecule has 0 spiro atoms. The van der Waals surface area contributed by atoms with Gasteiger partial charge >= 0.3 is 0 Å². The average Bonchev–Trinajstić information content (AvgIpc) is 3.84. The standard InChI is InChI=1S/C61H60N4O/c1-40-33-58(62-38-53(40)42-19-22-44(23-20-42)59(2,3)4)65-55-35-46(61(8,9)10)26-30-51(55)52-31-29-50(37-56(52)65)66-49-18-14-17-48(36-49)64-39-63(47-27-24-45(25-28-47)60(5,6)7)54-32-21-43(34-57(54)64)41-15-12-11-13-16-41/h11-38H,39H2,1-10H3. The highest BCUT2D eigenvalue weighted by molar-refractivity contribution is 6.09. The zero-order valence-corrected chi connectivity index (χ0v) is 40.1. The van der Waals surface area contributed by atoms with E-state index >= 15 is 0 Å². The molecular formula is C61H60N4O. The summed E-state index contributed by atoms with van der Waals surface area (Å²) in [6.45, 7) is 23.2. The fraction of sp³-hybridized carbons (Fsp3) is 0.230. The van der Waals surface area contributed by atoms with Crippen molar-refractivity contribution in [3.05, 3.63) is 192 Å². The van der Waals surface area contributed by atoms with Gasteiger partial charge in [0.25, 0.3) is 0 Å². The highest BCUT2D eigenvalue weighted by Crippen LogP contribution is 2.47. The third-order valence-corrected chi connectivity index (χ3v) is 13.3. The number of hydrogen-bond acceptors (Lipinski definition) is 4. The van der Waals surface area contributed by atoms with Crippen LogP contribution in [0.25, 0.3) is 49.9 Å². The van der Waals surface area contributed by atoms with Gasteiger partial charge in [0.15, 0.2) is 0 Å². The summed E-state index contributed by atoms with van der Waals surface area (Å²) in [6.07, 6.45) is 2.04. The average molecular weight is 865 g/mol. The molecule has 1 aliphatic rings. The Labute approximate surface area is 391 Å². The summed E-state index contributed by atoms with van der Waals surface area (Å²) in [6, 6.07) is 59.5. The SMILES string of the molecule is Cc1cc(-n2c3cc(Oc4cccc(N5CN(c6ccc(C(C)(C)C)cc6)c6ccc(-c7ccccc7)cc65)c4)ccc3c3ccc(C(C)(C)C)cc32)ncc1-c1ccc(C(C)(C)C)cc1. The van der Waals surface area contributed by atoms with Crippen LogP contribution >= 0.6 is 0 Å². The first-order valence-electron chi connectivity index (χ1n) is 23.3. The van der Waals surface area contributed by atoms with Gasteiger partial charge in [-0.15, -0.1) is 0 Å². The number of hydrogen-bond donors (Lipinski definition) is 0. The Bertz CT molecular complexity index is 3250. The minimum atomic E-state index is -0.0198. The molecule has 0 fully saturated rings. The Morgan fingerprint density at radius 3 is 1.71 bits per heavy atom. The van der Waals surface area contributed by atoms with E-state index in [2.05, 4.69) is 247 Å². The molecule has 0 aliphatic carbocycles. The summed E-state index contributed by atoms with van der Waals surface area (Å²) in [5.41, 5.74) is 16.7. The molecule has 0 amide bonds. The molecule has 5 heteroatoms. The van der Waals surface area contributed by atoms with Crippen molar-refractivity contribution in [1.82, 2.24) is 9.55 Å². The first-order valence-corrected chi connectivity index (χ1v) is 23.3. The first-order chi connectivity index (χ1) is 31.5. The molecule has 5 nitrogen and oxygen atoms in total. The Kier molecular flexibility index (Phi) is 10.4. The lowest BCUT2D eigenvalue weighted by Gasteiger charge is -2.24. The first kappa shape index (κ1) is 42.8. The van der Waals surface area contributed by atoms with E-state index in [9.17, 15) is 0 Å². The molecule has 9 aromatic rings. The predicted molar refractivity (Wildman–Crippen MR) is 279 cm³/mol. The molecule has 66 heavy (non-hydrogen) atoms. The number of nitrogens with zero attached hydrogens (tertiary/aromatic N) is 4. The molecule has 0 saturated carbocycles. The lowest BCUT2D eigenvalue weighted by Crippen LogP contribution is -2.24. The van der Waals surface area contributed by atoms with Crippen molar-refractivity contribution in [1.29, 1.82) is 0 Å². The lowest BCUT2D eigenvalue weighted by molar-refractivity contribution is 0.483. The third kappa shape index (κ3) is 8.02. The molecule has 0 atom stereocenters. The van der Waals surface area contributed by atoms with Crippen LogP contribution in [-0.4, -0.2) is 16.2 Å². The summed E-state index contributed by atoms with van der Waals surface area (Å²) >= 11 is 0. The van der Waals surface area contributed by atoms with Gasteiger partial charge in [-0.2, -0.15) is 0 Å². The second-order valence-electron chi connectivity index (χ2n) is 21.1. The highest BCUT2D eigenvalue weighted by Gasteiger charge is 2.30. The van der Waals surface area contributed by atoms with Gasteiger partial charge in [0.2, 0.25) is 0 Å². The van der Waals surface area contributed by atoms with Crippen LogP contribution in [0.2, 0.25) is 0 Å². The molecule has 0 radical (unpaired) electrons. The van der Waals surface area contributed by atoms with Crippen LogP contribution in [-0.2, 0) is 16.2 Å². The number of aryl methyl sites for hydroxylation is 1. The highest BCUT2D eigenvalue weighted by atomic mass is 16.5. The van der Waals surface area contributed by atoms with Gasteiger partial charge < -0.3 is 14.5 Å². The summed E-state index contributed by atoms with van der Waals surface area (Å²) < 4.78 is 9.17. The third-order valence-electron chi connectivity index (χ3n) is 13.3. The topological polar surface area (TPSA) is 33.5 Å². The second kappa shape index (κ2) is 16.1. The van der Waals surface area contributed by atoms with Crippen LogP contribution in [0.5, 0.6) is 11.5 Å². The van der Waals surface area contributed by atoms with Gasteiger partial charge in [0.1, 0.15) is 24.0 Å². The van der Waals surface area contributed by atoms with Crippen molar-refractivity contribution in [2.45, 2.75) is 85.5 Å². The number of rotatable bonds is 7. The van der Waals surface area contributed by atoms with E-state index in [0.29, 0.717) is 6.67 Å². The summed E-state index contributed by atoms with van der Waals surface area (Å²) in [5.74, 6) is 2.42. The normalized spacial score (nSPS) is 13.2. The van der Waals surface area contributed by atoms with Crippen LogP contribution in [0.4, 0.5) is 22.7 Å². The Morgan fingerprint density at radius 2 is 1.05 bits per heavy atom. The van der Waals surface area contributed by atoms with Gasteiger partial charge in [-0.05, 0) is 123 Å². The summed E-state index contributed by atoms with van der Waals surface area (Å²) in [5, 5.41) is 2.35. The minimum Gasteiger partial charge on any atom is -0.457 e. The molecule has 2 aromatic heterocycles. The van der Waals surface area contributed by atoms with Crippen molar-refractivity contribution >= 4 is 44.6 Å². The van der Waals surface area contributed by atoms with E-state index in [4.69, 9.17) is 9.72 Å². The molecule has 7 aromatic carbocycles. The van der Waals surface area contributed by atoms with Gasteiger partial charge in [0, 0.05) is 46.0 Å². The van der Waals surface area contributed by atoms with E-state index in [1.165, 1.54) is 55.7 Å². The van der Waals surface area contributed by atoms with E-state index < -0.39 is 0 Å². The van der Waals surface area contributed by atoms with Crippen molar-refractivity contribution in [2.75, 3.05) is 16.5 Å². The molecule has 0 saturated heterocycles. The molecule has 0 bridgehead atoms. The van der Waals surface area contributed by atoms with E-state index in [0.717, 1.165) is 50.7 Å². The fourth-order valence-corrected chi connectivity index (χ4v) is 9.40. The molecule has 10 rings (SSSR count). The molecule has 330 valence electrons. The van der Waals surface area contributed by atoms with Gasteiger partial charge in [-0.3, -0.25) is 4.57 Å². The number of fused-ring (bicyclic) bond motifs is 4. The van der Waals surface area contributed by atoms with Crippen LogP contribution in [0, 0.1) is 6.92 Å². The number of pyridine rings is 1. The van der Waals surface area contributed by atoms with Crippen molar-refractivity contribution in [2.24, 2.45) is 0 Å². The maximum Gasteiger partial charge on any atom is 0.137 e. The van der Waals surface area contributed by atoms with E-state index in [1.807, 2.05) is 6.20 Å². The smallest absolute Gasteiger partial charge is 0.137 e. The van der Waals surface area contributed by atoms with Crippen LogP contribution < -0.4 is 14.5 Å². The predicted octanol–water partition coefficient (Wildman–Crippen LogP) is 16.8. The van der Waals surface area contributed by atoms with Crippen molar-refractivity contribution < 1.29 is 4.74 Å². The van der Waals surface area contributed by atoms with E-state index in [1.54, 1.807) is 0 Å². The maximum absolute atomic E-state index is 6.85. The summed E-state index contributed by atoms with van der Waals surface area (Å²) in [7, 11) is 0. The Hall–Kier alpha value is -7.11. The maximum atomic E-state index is 6.85. The number of benzene rings is 7. The zero-order chi connectivity index (χ0) is 46.1. The van der Waals surface area contributed by atoms with Crippen LogP contribution in [0.1, 0.15) is 84.6 Å². The van der Waals surface area contributed by atoms with Gasteiger partial charge in [-0.25, -0.2) is 4.98 Å². The van der Waals surface area contributed by atoms with Crippen LogP contribution in [0.3, 0.4) is 0 Å². The molecule has 3 heterocycles. The quantitative estimate of drug-likeness (QED) is 0.160. The molecule has 0 unspecified atom stereocenters. The number of anilines is 4. The second-order valence-corrected chi connectivity index (χ2v) is 21.1. The fourth-order valence-electron chi connectivity index (χ4n) is 9.40. The Morgan fingerprint density at radius 1 is 0.455 bits per heavy atom. The van der Waals surface area contributed by atoms with Crippen molar-refractivity contribution in [3.8, 4) is 39.6 Å².